The summed E-state index contributed by atoms with van der Waals surface area (Å²) in [5.41, 5.74) is 3.52. The van der Waals surface area contributed by atoms with Gasteiger partial charge in [0.2, 0.25) is 0 Å². The summed E-state index contributed by atoms with van der Waals surface area (Å²) in [6.07, 6.45) is 3.34. The van der Waals surface area contributed by atoms with Gasteiger partial charge >= 0.3 is 0 Å². The molecule has 0 saturated heterocycles. The van der Waals surface area contributed by atoms with E-state index in [0.717, 1.165) is 11.1 Å². The number of aromatic nitrogens is 1. The van der Waals surface area contributed by atoms with Gasteiger partial charge in [0.25, 0.3) is 15.9 Å². The number of anilines is 1. The van der Waals surface area contributed by atoms with Gasteiger partial charge in [-0.2, -0.15) is 0 Å². The first-order chi connectivity index (χ1) is 13.8. The number of amides is 1. The first kappa shape index (κ1) is 20.5. The van der Waals surface area contributed by atoms with Gasteiger partial charge in [0, 0.05) is 37.2 Å². The monoisotopic (exact) mass is 409 g/mol. The van der Waals surface area contributed by atoms with Crippen molar-refractivity contribution < 1.29 is 13.2 Å². The summed E-state index contributed by atoms with van der Waals surface area (Å²) in [6, 6.07) is 15.3. The van der Waals surface area contributed by atoms with Crippen molar-refractivity contribution in [2.24, 2.45) is 0 Å². The van der Waals surface area contributed by atoms with E-state index >= 15 is 0 Å². The molecule has 0 spiro atoms. The first-order valence-electron chi connectivity index (χ1n) is 9.11. The average Bonchev–Trinajstić information content (AvgIpc) is 2.70. The molecule has 1 heterocycles. The quantitative estimate of drug-likeness (QED) is 0.672. The Morgan fingerprint density at radius 2 is 1.66 bits per heavy atom. The molecule has 29 heavy (non-hydrogen) atoms. The zero-order chi connectivity index (χ0) is 21.0. The van der Waals surface area contributed by atoms with Crippen LogP contribution in [0.5, 0.6) is 0 Å². The van der Waals surface area contributed by atoms with Crippen molar-refractivity contribution in [3.05, 3.63) is 89.2 Å². The van der Waals surface area contributed by atoms with Gasteiger partial charge in [-0.15, -0.1) is 0 Å². The van der Waals surface area contributed by atoms with Gasteiger partial charge in [-0.05, 0) is 61.4 Å². The minimum Gasteiger partial charge on any atom is -0.337 e. The Morgan fingerprint density at radius 3 is 2.31 bits per heavy atom. The number of hydrogen-bond acceptors (Lipinski definition) is 4. The van der Waals surface area contributed by atoms with Crippen LogP contribution in [-0.2, 0) is 16.6 Å². The molecular formula is C22H23N3O3S. The fraction of sp³-hybridized carbons (Fsp3) is 0.182. The van der Waals surface area contributed by atoms with Crippen LogP contribution in [0.3, 0.4) is 0 Å². The summed E-state index contributed by atoms with van der Waals surface area (Å²) in [5.74, 6) is -0.244. The molecule has 150 valence electrons. The summed E-state index contributed by atoms with van der Waals surface area (Å²) in [4.78, 5) is 18.5. The van der Waals surface area contributed by atoms with Crippen molar-refractivity contribution in [1.82, 2.24) is 9.88 Å². The number of aryl methyl sites for hydroxylation is 2. The van der Waals surface area contributed by atoms with E-state index in [9.17, 15) is 13.2 Å². The van der Waals surface area contributed by atoms with Crippen LogP contribution in [0.2, 0.25) is 0 Å². The third kappa shape index (κ3) is 5.00. The number of benzene rings is 2. The Morgan fingerprint density at radius 1 is 1.00 bits per heavy atom. The van der Waals surface area contributed by atoms with Crippen LogP contribution in [0.25, 0.3) is 0 Å². The van der Waals surface area contributed by atoms with Gasteiger partial charge in [-0.3, -0.25) is 14.5 Å². The van der Waals surface area contributed by atoms with Crippen molar-refractivity contribution in [3.8, 4) is 0 Å². The molecule has 3 aromatic rings. The molecule has 1 N–H and O–H groups in total. The van der Waals surface area contributed by atoms with Crippen LogP contribution >= 0.6 is 0 Å². The van der Waals surface area contributed by atoms with E-state index in [4.69, 9.17) is 0 Å². The molecule has 0 fully saturated rings. The van der Waals surface area contributed by atoms with E-state index in [-0.39, 0.29) is 10.8 Å². The molecule has 0 unspecified atom stereocenters. The topological polar surface area (TPSA) is 79.4 Å². The second-order valence-electron chi connectivity index (χ2n) is 6.96. The highest BCUT2D eigenvalue weighted by molar-refractivity contribution is 7.92. The van der Waals surface area contributed by atoms with Crippen molar-refractivity contribution in [3.63, 3.8) is 0 Å². The molecule has 0 saturated carbocycles. The summed E-state index contributed by atoms with van der Waals surface area (Å²) < 4.78 is 28.1. The predicted molar refractivity (Wildman–Crippen MR) is 113 cm³/mol. The molecule has 6 nitrogen and oxygen atoms in total. The highest BCUT2D eigenvalue weighted by atomic mass is 32.2. The number of pyridine rings is 1. The Labute approximate surface area is 171 Å². The predicted octanol–water partition coefficient (Wildman–Crippen LogP) is 3.77. The Kier molecular flexibility index (Phi) is 5.98. The van der Waals surface area contributed by atoms with Crippen LogP contribution in [-0.4, -0.2) is 31.3 Å². The molecule has 0 atom stereocenters. The smallest absolute Gasteiger partial charge is 0.261 e. The molecule has 0 bridgehead atoms. The normalized spacial score (nSPS) is 11.1. The van der Waals surface area contributed by atoms with E-state index in [1.54, 1.807) is 49.5 Å². The molecule has 1 amide bonds. The van der Waals surface area contributed by atoms with Crippen LogP contribution in [0.1, 0.15) is 27.0 Å². The van der Waals surface area contributed by atoms with E-state index in [1.807, 2.05) is 31.2 Å². The molecule has 2 aromatic carbocycles. The highest BCUT2D eigenvalue weighted by Gasteiger charge is 2.20. The fourth-order valence-corrected chi connectivity index (χ4v) is 3.96. The summed E-state index contributed by atoms with van der Waals surface area (Å²) in [7, 11) is -2.12. The lowest BCUT2D eigenvalue weighted by atomic mass is 10.1. The Hall–Kier alpha value is -3.19. The maximum Gasteiger partial charge on any atom is 0.261 e. The zero-order valence-corrected chi connectivity index (χ0v) is 17.4. The van der Waals surface area contributed by atoms with Crippen molar-refractivity contribution in [1.29, 1.82) is 0 Å². The van der Waals surface area contributed by atoms with Gasteiger partial charge in [0.1, 0.15) is 0 Å². The minimum atomic E-state index is -3.81. The Bertz CT molecular complexity index is 1110. The van der Waals surface area contributed by atoms with Gasteiger partial charge in [0.15, 0.2) is 0 Å². The van der Waals surface area contributed by atoms with Crippen LogP contribution in [0.4, 0.5) is 5.69 Å². The van der Waals surface area contributed by atoms with Crippen LogP contribution < -0.4 is 4.72 Å². The highest BCUT2D eigenvalue weighted by Crippen LogP contribution is 2.21. The fourth-order valence-electron chi connectivity index (χ4n) is 2.87. The molecule has 0 aliphatic rings. The van der Waals surface area contributed by atoms with E-state index in [0.29, 0.717) is 23.4 Å². The second-order valence-corrected chi connectivity index (χ2v) is 8.65. The third-order valence-electron chi connectivity index (χ3n) is 4.57. The Balaban J connectivity index is 1.84. The second kappa shape index (κ2) is 8.45. The van der Waals surface area contributed by atoms with Crippen LogP contribution in [0.15, 0.2) is 71.9 Å². The maximum absolute atomic E-state index is 12.9. The summed E-state index contributed by atoms with van der Waals surface area (Å²) >= 11 is 0. The lowest BCUT2D eigenvalue weighted by Crippen LogP contribution is -2.27. The minimum absolute atomic E-state index is 0.0457. The van der Waals surface area contributed by atoms with Crippen molar-refractivity contribution in [2.45, 2.75) is 25.3 Å². The average molecular weight is 410 g/mol. The SMILES string of the molecule is Cc1ccc(NS(=O)(=O)c2ccc(C)c(C(=O)N(C)Cc3ccncc3)c2)cc1. The molecule has 3 rings (SSSR count). The van der Waals surface area contributed by atoms with E-state index < -0.39 is 10.0 Å². The number of nitrogens with zero attached hydrogens (tertiary/aromatic N) is 2. The van der Waals surface area contributed by atoms with Crippen molar-refractivity contribution in [2.75, 3.05) is 11.8 Å². The zero-order valence-electron chi connectivity index (χ0n) is 16.6. The standard InChI is InChI=1S/C22H23N3O3S/c1-16-4-7-19(8-5-16)24-29(27,28)20-9-6-17(2)21(14-20)22(26)25(3)15-18-10-12-23-13-11-18/h4-14,24H,15H2,1-3H3. The molecule has 1 aromatic heterocycles. The summed E-state index contributed by atoms with van der Waals surface area (Å²) in [5, 5.41) is 0. The number of carbonyl (C=O) groups excluding carboxylic acids is 1. The lowest BCUT2D eigenvalue weighted by molar-refractivity contribution is 0.0784. The number of rotatable bonds is 6. The number of nitrogens with one attached hydrogen (secondary N) is 1. The number of carbonyl (C=O) groups is 1. The molecular weight excluding hydrogens is 386 g/mol. The number of sulfonamides is 1. The molecule has 0 aliphatic heterocycles. The largest absolute Gasteiger partial charge is 0.337 e. The maximum atomic E-state index is 12.9. The first-order valence-corrected chi connectivity index (χ1v) is 10.6. The number of hydrogen-bond donors (Lipinski definition) is 1. The third-order valence-corrected chi connectivity index (χ3v) is 5.95. The van der Waals surface area contributed by atoms with E-state index in [2.05, 4.69) is 9.71 Å². The van der Waals surface area contributed by atoms with Gasteiger partial charge in [-0.25, -0.2) is 8.42 Å². The van der Waals surface area contributed by atoms with Crippen molar-refractivity contribution >= 4 is 21.6 Å². The molecule has 0 aliphatic carbocycles. The van der Waals surface area contributed by atoms with E-state index in [1.165, 1.54) is 12.1 Å². The molecule has 7 heteroatoms. The van der Waals surface area contributed by atoms with Gasteiger partial charge < -0.3 is 4.90 Å². The van der Waals surface area contributed by atoms with Crippen LogP contribution in [0, 0.1) is 13.8 Å². The van der Waals surface area contributed by atoms with Gasteiger partial charge in [-0.1, -0.05) is 23.8 Å². The lowest BCUT2D eigenvalue weighted by Gasteiger charge is -2.19. The summed E-state index contributed by atoms with van der Waals surface area (Å²) in [6.45, 7) is 4.12. The molecule has 0 radical (unpaired) electrons. The van der Waals surface area contributed by atoms with Gasteiger partial charge in [0.05, 0.1) is 4.90 Å².